The average molecular weight is 383 g/mol. The van der Waals surface area contributed by atoms with Gasteiger partial charge in [-0.3, -0.25) is 14.5 Å². The fourth-order valence-electron chi connectivity index (χ4n) is 3.34. The molecule has 2 aromatic carbocycles. The minimum absolute atomic E-state index is 0.0374. The number of thioether (sulfide) groups is 1. The Labute approximate surface area is 165 Å². The monoisotopic (exact) mass is 382 g/mol. The lowest BCUT2D eigenvalue weighted by molar-refractivity contribution is -0.117. The maximum atomic E-state index is 12.6. The number of rotatable bonds is 6. The van der Waals surface area contributed by atoms with Gasteiger partial charge in [-0.1, -0.05) is 43.2 Å². The molecular weight excluding hydrogens is 356 g/mol. The molecule has 1 N–H and O–H groups in total. The van der Waals surface area contributed by atoms with Gasteiger partial charge in [0.25, 0.3) is 0 Å². The van der Waals surface area contributed by atoms with Gasteiger partial charge in [-0.05, 0) is 49.6 Å². The SMILES string of the molecule is CCCCC(=O)Nc1cccc([C@@H]2SCC(=O)N2c2ccc(C)cc2C)c1. The Morgan fingerprint density at radius 2 is 2.04 bits per heavy atom. The first-order chi connectivity index (χ1) is 13.0. The Bertz CT molecular complexity index is 850. The molecule has 2 amide bonds. The normalized spacial score (nSPS) is 16.6. The van der Waals surface area contributed by atoms with Crippen molar-refractivity contribution in [3.05, 3.63) is 59.2 Å². The first-order valence-electron chi connectivity index (χ1n) is 9.40. The van der Waals surface area contributed by atoms with Crippen molar-refractivity contribution in [3.8, 4) is 0 Å². The fourth-order valence-corrected chi connectivity index (χ4v) is 4.50. The van der Waals surface area contributed by atoms with E-state index in [4.69, 9.17) is 0 Å². The van der Waals surface area contributed by atoms with Crippen LogP contribution in [0.5, 0.6) is 0 Å². The van der Waals surface area contributed by atoms with Crippen LogP contribution in [0, 0.1) is 13.8 Å². The summed E-state index contributed by atoms with van der Waals surface area (Å²) in [4.78, 5) is 26.5. The second kappa shape index (κ2) is 8.61. The highest BCUT2D eigenvalue weighted by Gasteiger charge is 2.34. The summed E-state index contributed by atoms with van der Waals surface area (Å²) < 4.78 is 0. The number of anilines is 2. The van der Waals surface area contributed by atoms with Gasteiger partial charge < -0.3 is 5.32 Å². The molecule has 0 bridgehead atoms. The molecule has 1 fully saturated rings. The van der Waals surface area contributed by atoms with E-state index in [-0.39, 0.29) is 17.2 Å². The lowest BCUT2D eigenvalue weighted by atomic mass is 10.1. The van der Waals surface area contributed by atoms with Crippen molar-refractivity contribution in [2.75, 3.05) is 16.0 Å². The zero-order valence-corrected chi connectivity index (χ0v) is 16.9. The van der Waals surface area contributed by atoms with Crippen molar-refractivity contribution < 1.29 is 9.59 Å². The van der Waals surface area contributed by atoms with Crippen molar-refractivity contribution in [3.63, 3.8) is 0 Å². The number of nitrogens with zero attached hydrogens (tertiary/aromatic N) is 1. The highest BCUT2D eigenvalue weighted by atomic mass is 32.2. The summed E-state index contributed by atoms with van der Waals surface area (Å²) >= 11 is 1.62. The first-order valence-corrected chi connectivity index (χ1v) is 10.4. The zero-order chi connectivity index (χ0) is 19.4. The Balaban J connectivity index is 1.85. The highest BCUT2D eigenvalue weighted by molar-refractivity contribution is 8.00. The zero-order valence-electron chi connectivity index (χ0n) is 16.1. The van der Waals surface area contributed by atoms with E-state index in [1.54, 1.807) is 11.8 Å². The molecule has 0 spiro atoms. The summed E-state index contributed by atoms with van der Waals surface area (Å²) in [5.74, 6) is 0.621. The number of carbonyl (C=O) groups is 2. The molecule has 0 unspecified atom stereocenters. The van der Waals surface area contributed by atoms with E-state index in [0.29, 0.717) is 12.2 Å². The molecule has 4 nitrogen and oxygen atoms in total. The van der Waals surface area contributed by atoms with Gasteiger partial charge in [0, 0.05) is 17.8 Å². The summed E-state index contributed by atoms with van der Waals surface area (Å²) in [6, 6.07) is 14.0. The molecule has 142 valence electrons. The molecule has 1 atom stereocenters. The number of nitrogens with one attached hydrogen (secondary N) is 1. The molecular formula is C22H26N2O2S. The number of carbonyl (C=O) groups excluding carboxylic acids is 2. The molecule has 2 aromatic rings. The van der Waals surface area contributed by atoms with Crippen LogP contribution in [0.2, 0.25) is 0 Å². The predicted octanol–water partition coefficient (Wildman–Crippen LogP) is 5.21. The van der Waals surface area contributed by atoms with E-state index in [1.807, 2.05) is 48.2 Å². The van der Waals surface area contributed by atoms with E-state index in [0.717, 1.165) is 35.3 Å². The number of unbranched alkanes of at least 4 members (excludes halogenated alkanes) is 1. The number of aryl methyl sites for hydroxylation is 2. The van der Waals surface area contributed by atoms with Crippen LogP contribution in [0.4, 0.5) is 11.4 Å². The Morgan fingerprint density at radius 3 is 2.78 bits per heavy atom. The maximum absolute atomic E-state index is 12.6. The number of hydrogen-bond donors (Lipinski definition) is 1. The minimum atomic E-state index is -0.0774. The van der Waals surface area contributed by atoms with Crippen LogP contribution in [0.25, 0.3) is 0 Å². The standard InChI is InChI=1S/C22H26N2O2S/c1-4-5-9-20(25)23-18-8-6-7-17(13-18)22-24(21(26)14-27-22)19-11-10-15(2)12-16(19)3/h6-8,10-13,22H,4-5,9,14H2,1-3H3,(H,23,25)/t22-/m0/s1. The molecule has 3 rings (SSSR count). The second-order valence-corrected chi connectivity index (χ2v) is 8.06. The molecule has 0 saturated carbocycles. The summed E-state index contributed by atoms with van der Waals surface area (Å²) in [7, 11) is 0. The number of benzene rings is 2. The van der Waals surface area contributed by atoms with Gasteiger partial charge in [0.15, 0.2) is 0 Å². The smallest absolute Gasteiger partial charge is 0.238 e. The summed E-state index contributed by atoms with van der Waals surface area (Å²) in [5.41, 5.74) is 5.05. The molecule has 0 aromatic heterocycles. The molecule has 27 heavy (non-hydrogen) atoms. The van der Waals surface area contributed by atoms with Crippen LogP contribution in [-0.4, -0.2) is 17.6 Å². The van der Waals surface area contributed by atoms with Crippen LogP contribution in [0.3, 0.4) is 0 Å². The first kappa shape index (κ1) is 19.5. The quantitative estimate of drug-likeness (QED) is 0.746. The Kier molecular flexibility index (Phi) is 6.22. The van der Waals surface area contributed by atoms with Crippen molar-refractivity contribution in [2.24, 2.45) is 0 Å². The molecule has 1 saturated heterocycles. The van der Waals surface area contributed by atoms with Crippen molar-refractivity contribution in [2.45, 2.75) is 45.4 Å². The van der Waals surface area contributed by atoms with E-state index < -0.39 is 0 Å². The molecule has 0 radical (unpaired) electrons. The largest absolute Gasteiger partial charge is 0.326 e. The van der Waals surface area contributed by atoms with Crippen LogP contribution >= 0.6 is 11.8 Å². The van der Waals surface area contributed by atoms with Crippen LogP contribution in [-0.2, 0) is 9.59 Å². The number of hydrogen-bond acceptors (Lipinski definition) is 3. The van der Waals surface area contributed by atoms with Gasteiger partial charge in [0.1, 0.15) is 5.37 Å². The number of amides is 2. The third kappa shape index (κ3) is 4.53. The van der Waals surface area contributed by atoms with Gasteiger partial charge in [-0.15, -0.1) is 11.8 Å². The Morgan fingerprint density at radius 1 is 1.22 bits per heavy atom. The van der Waals surface area contributed by atoms with E-state index in [9.17, 15) is 9.59 Å². The van der Waals surface area contributed by atoms with E-state index in [2.05, 4.69) is 25.2 Å². The predicted molar refractivity (Wildman–Crippen MR) is 113 cm³/mol. The summed E-state index contributed by atoms with van der Waals surface area (Å²) in [6.45, 7) is 6.17. The van der Waals surface area contributed by atoms with Gasteiger partial charge in [-0.2, -0.15) is 0 Å². The maximum Gasteiger partial charge on any atom is 0.238 e. The van der Waals surface area contributed by atoms with E-state index >= 15 is 0 Å². The lowest BCUT2D eigenvalue weighted by Gasteiger charge is -2.26. The van der Waals surface area contributed by atoms with Gasteiger partial charge in [0.2, 0.25) is 11.8 Å². The average Bonchev–Trinajstić information content (AvgIpc) is 3.02. The minimum Gasteiger partial charge on any atom is -0.326 e. The molecule has 1 heterocycles. The van der Waals surface area contributed by atoms with Crippen LogP contribution in [0.15, 0.2) is 42.5 Å². The van der Waals surface area contributed by atoms with Crippen molar-refractivity contribution in [1.82, 2.24) is 0 Å². The topological polar surface area (TPSA) is 49.4 Å². The van der Waals surface area contributed by atoms with Crippen LogP contribution in [0.1, 0.15) is 48.3 Å². The van der Waals surface area contributed by atoms with E-state index in [1.165, 1.54) is 5.56 Å². The van der Waals surface area contributed by atoms with Gasteiger partial charge >= 0.3 is 0 Å². The third-order valence-electron chi connectivity index (χ3n) is 4.69. The highest BCUT2D eigenvalue weighted by Crippen LogP contribution is 2.43. The molecule has 5 heteroatoms. The second-order valence-electron chi connectivity index (χ2n) is 6.99. The molecule has 1 aliphatic heterocycles. The summed E-state index contributed by atoms with van der Waals surface area (Å²) in [5, 5.41) is 2.90. The lowest BCUT2D eigenvalue weighted by Crippen LogP contribution is -2.28. The Hall–Kier alpha value is -2.27. The van der Waals surface area contributed by atoms with Crippen molar-refractivity contribution >= 4 is 35.0 Å². The van der Waals surface area contributed by atoms with Gasteiger partial charge in [-0.25, -0.2) is 0 Å². The fraction of sp³-hybridized carbons (Fsp3) is 0.364. The summed E-state index contributed by atoms with van der Waals surface area (Å²) in [6.07, 6.45) is 2.42. The van der Waals surface area contributed by atoms with Gasteiger partial charge in [0.05, 0.1) is 5.75 Å². The third-order valence-corrected chi connectivity index (χ3v) is 5.90. The van der Waals surface area contributed by atoms with Crippen LogP contribution < -0.4 is 10.2 Å². The van der Waals surface area contributed by atoms with Crippen molar-refractivity contribution in [1.29, 1.82) is 0 Å². The molecule has 1 aliphatic rings. The molecule has 0 aliphatic carbocycles.